The van der Waals surface area contributed by atoms with E-state index >= 15 is 0 Å². The predicted molar refractivity (Wildman–Crippen MR) is 143 cm³/mol. The first-order chi connectivity index (χ1) is 18.0. The Labute approximate surface area is 213 Å². The summed E-state index contributed by atoms with van der Waals surface area (Å²) in [5, 5.41) is 10.5. The van der Waals surface area contributed by atoms with Gasteiger partial charge in [-0.15, -0.1) is 0 Å². The standard InChI is InChI=1S/C26H28N10O/c1-35(2)15-22(37)29-17-10-16(11-27-12-17)18-6-7-19-24(30-18)25(34-33-19)26-31-20-13-28-14-21(23(20)32-26)36-8-4-3-5-9-36/h6-7,10-14H,3-5,8-9,15H2,1-2H3,(H,29,37)(H,31,32)(H,33,34). The zero-order valence-electron chi connectivity index (χ0n) is 20.8. The van der Waals surface area contributed by atoms with Gasteiger partial charge < -0.3 is 20.1 Å². The van der Waals surface area contributed by atoms with Crippen molar-refractivity contribution in [2.24, 2.45) is 0 Å². The van der Waals surface area contributed by atoms with Crippen molar-refractivity contribution in [2.45, 2.75) is 19.3 Å². The lowest BCUT2D eigenvalue weighted by Gasteiger charge is -2.28. The molecule has 0 aromatic carbocycles. The summed E-state index contributed by atoms with van der Waals surface area (Å²) in [5.41, 5.74) is 7.08. The normalized spacial score (nSPS) is 14.1. The molecule has 11 heteroatoms. The third kappa shape index (κ3) is 4.60. The molecule has 1 fully saturated rings. The number of amides is 1. The molecule has 11 nitrogen and oxygen atoms in total. The number of rotatable bonds is 6. The molecule has 0 aliphatic carbocycles. The van der Waals surface area contributed by atoms with Crippen LogP contribution in [0.15, 0.2) is 43.0 Å². The van der Waals surface area contributed by atoms with Crippen LogP contribution in [-0.4, -0.2) is 79.7 Å². The number of H-pyrrole nitrogens is 2. The first-order valence-electron chi connectivity index (χ1n) is 12.4. The van der Waals surface area contributed by atoms with E-state index in [1.54, 1.807) is 18.6 Å². The van der Waals surface area contributed by atoms with E-state index in [0.29, 0.717) is 29.3 Å². The largest absolute Gasteiger partial charge is 0.368 e. The minimum Gasteiger partial charge on any atom is -0.368 e. The van der Waals surface area contributed by atoms with Crippen LogP contribution in [0.1, 0.15) is 19.3 Å². The average Bonchev–Trinajstić information content (AvgIpc) is 3.52. The van der Waals surface area contributed by atoms with Gasteiger partial charge in [-0.2, -0.15) is 5.10 Å². The summed E-state index contributed by atoms with van der Waals surface area (Å²) >= 11 is 0. The molecule has 0 unspecified atom stereocenters. The molecule has 6 rings (SSSR count). The maximum atomic E-state index is 12.2. The molecule has 0 bridgehead atoms. The van der Waals surface area contributed by atoms with Gasteiger partial charge in [0.05, 0.1) is 53.2 Å². The third-order valence-corrected chi connectivity index (χ3v) is 6.48. The van der Waals surface area contributed by atoms with Gasteiger partial charge in [-0.25, -0.2) is 9.97 Å². The fourth-order valence-electron chi connectivity index (χ4n) is 4.76. The molecular formula is C26H28N10O. The summed E-state index contributed by atoms with van der Waals surface area (Å²) < 4.78 is 0. The van der Waals surface area contributed by atoms with E-state index < -0.39 is 0 Å². The molecule has 188 valence electrons. The molecule has 0 atom stereocenters. The number of hydrogen-bond acceptors (Lipinski definition) is 8. The number of hydrogen-bond donors (Lipinski definition) is 3. The lowest BCUT2D eigenvalue weighted by molar-refractivity contribution is -0.116. The lowest BCUT2D eigenvalue weighted by Crippen LogP contribution is -2.29. The molecule has 6 heterocycles. The summed E-state index contributed by atoms with van der Waals surface area (Å²) in [6.07, 6.45) is 10.7. The van der Waals surface area contributed by atoms with E-state index in [2.05, 4.69) is 35.4 Å². The number of nitrogens with zero attached hydrogens (tertiary/aromatic N) is 7. The van der Waals surface area contributed by atoms with E-state index in [1.807, 2.05) is 43.4 Å². The number of aromatic nitrogens is 7. The van der Waals surface area contributed by atoms with Crippen molar-refractivity contribution >= 4 is 39.3 Å². The Bertz CT molecular complexity index is 1580. The second kappa shape index (κ2) is 9.58. The van der Waals surface area contributed by atoms with Gasteiger partial charge in [0.25, 0.3) is 0 Å². The van der Waals surface area contributed by atoms with Crippen molar-refractivity contribution in [1.82, 2.24) is 40.0 Å². The zero-order valence-corrected chi connectivity index (χ0v) is 20.8. The monoisotopic (exact) mass is 496 g/mol. The summed E-state index contributed by atoms with van der Waals surface area (Å²) in [6, 6.07) is 5.71. The summed E-state index contributed by atoms with van der Waals surface area (Å²) in [7, 11) is 3.70. The molecule has 3 N–H and O–H groups in total. The number of anilines is 2. The van der Waals surface area contributed by atoms with Gasteiger partial charge in [0.2, 0.25) is 5.91 Å². The summed E-state index contributed by atoms with van der Waals surface area (Å²) in [6.45, 7) is 2.32. The molecule has 5 aromatic heterocycles. The molecule has 0 spiro atoms. The number of nitrogens with one attached hydrogen (secondary N) is 3. The van der Waals surface area contributed by atoms with Crippen molar-refractivity contribution in [3.8, 4) is 22.8 Å². The fraction of sp³-hybridized carbons (Fsp3) is 0.308. The number of likely N-dealkylation sites (N-methyl/N-ethyl adjacent to an activating group) is 1. The second-order valence-corrected chi connectivity index (χ2v) is 9.60. The second-order valence-electron chi connectivity index (χ2n) is 9.60. The number of pyridine rings is 3. The van der Waals surface area contributed by atoms with Gasteiger partial charge >= 0.3 is 0 Å². The minimum atomic E-state index is -0.104. The molecular weight excluding hydrogens is 468 g/mol. The van der Waals surface area contributed by atoms with Crippen LogP contribution in [0.2, 0.25) is 0 Å². The molecule has 1 aliphatic rings. The number of carbonyl (C=O) groups is 1. The predicted octanol–water partition coefficient (Wildman–Crippen LogP) is 3.45. The molecule has 1 aliphatic heterocycles. The van der Waals surface area contributed by atoms with Gasteiger partial charge in [-0.05, 0) is 51.6 Å². The van der Waals surface area contributed by atoms with Crippen molar-refractivity contribution in [1.29, 1.82) is 0 Å². The van der Waals surface area contributed by atoms with E-state index in [4.69, 9.17) is 9.97 Å². The molecule has 1 saturated heterocycles. The van der Waals surface area contributed by atoms with Crippen molar-refractivity contribution in [3.05, 3.63) is 43.0 Å². The Morgan fingerprint density at radius 3 is 2.68 bits per heavy atom. The van der Waals surface area contributed by atoms with Crippen LogP contribution >= 0.6 is 0 Å². The average molecular weight is 497 g/mol. The van der Waals surface area contributed by atoms with Crippen molar-refractivity contribution in [2.75, 3.05) is 43.9 Å². The molecule has 1 amide bonds. The Balaban J connectivity index is 1.35. The van der Waals surface area contributed by atoms with E-state index in [9.17, 15) is 4.79 Å². The van der Waals surface area contributed by atoms with Crippen molar-refractivity contribution < 1.29 is 4.79 Å². The van der Waals surface area contributed by atoms with Crippen LogP contribution in [0, 0.1) is 0 Å². The summed E-state index contributed by atoms with van der Waals surface area (Å²) in [5.74, 6) is 0.535. The first kappa shape index (κ1) is 23.0. The van der Waals surface area contributed by atoms with E-state index in [0.717, 1.165) is 46.6 Å². The highest BCUT2D eigenvalue weighted by Gasteiger charge is 2.20. The SMILES string of the molecule is CN(C)CC(=O)Nc1cncc(-c2ccc3[nH]nc(-c4nc5c(N6CCCCC6)cncc5[nH]4)c3n2)c1. The number of aromatic amines is 2. The first-order valence-corrected chi connectivity index (χ1v) is 12.4. The molecule has 37 heavy (non-hydrogen) atoms. The van der Waals surface area contributed by atoms with Crippen LogP contribution in [0.4, 0.5) is 11.4 Å². The van der Waals surface area contributed by atoms with E-state index in [-0.39, 0.29) is 5.91 Å². The Kier molecular flexibility index (Phi) is 5.97. The number of carbonyl (C=O) groups excluding carboxylic acids is 1. The highest BCUT2D eigenvalue weighted by atomic mass is 16.2. The Morgan fingerprint density at radius 2 is 1.84 bits per heavy atom. The van der Waals surface area contributed by atoms with Crippen molar-refractivity contribution in [3.63, 3.8) is 0 Å². The highest BCUT2D eigenvalue weighted by molar-refractivity contribution is 5.95. The van der Waals surface area contributed by atoms with Crippen LogP contribution in [0.5, 0.6) is 0 Å². The van der Waals surface area contributed by atoms with Crippen LogP contribution in [-0.2, 0) is 4.79 Å². The Morgan fingerprint density at radius 1 is 1.00 bits per heavy atom. The summed E-state index contributed by atoms with van der Waals surface area (Å²) in [4.78, 5) is 38.3. The quantitative estimate of drug-likeness (QED) is 0.326. The Hall–Kier alpha value is -4.38. The van der Waals surface area contributed by atoms with Gasteiger partial charge in [0.15, 0.2) is 11.5 Å². The number of imidazole rings is 1. The zero-order chi connectivity index (χ0) is 25.4. The van der Waals surface area contributed by atoms with Crippen LogP contribution < -0.4 is 10.2 Å². The minimum absolute atomic E-state index is 0.104. The number of fused-ring (bicyclic) bond motifs is 2. The van der Waals surface area contributed by atoms with Crippen LogP contribution in [0.25, 0.3) is 44.8 Å². The van der Waals surface area contributed by atoms with Crippen LogP contribution in [0.3, 0.4) is 0 Å². The lowest BCUT2D eigenvalue weighted by atomic mass is 10.1. The topological polar surface area (TPSA) is 132 Å². The maximum Gasteiger partial charge on any atom is 0.238 e. The third-order valence-electron chi connectivity index (χ3n) is 6.48. The maximum absolute atomic E-state index is 12.2. The van der Waals surface area contributed by atoms with Gasteiger partial charge in [-0.3, -0.25) is 19.9 Å². The molecule has 0 radical (unpaired) electrons. The van der Waals surface area contributed by atoms with E-state index in [1.165, 1.54) is 19.3 Å². The number of piperidine rings is 1. The fourth-order valence-corrected chi connectivity index (χ4v) is 4.76. The van der Waals surface area contributed by atoms with Gasteiger partial charge in [-0.1, -0.05) is 0 Å². The van der Waals surface area contributed by atoms with Gasteiger partial charge in [0, 0.05) is 24.8 Å². The highest BCUT2D eigenvalue weighted by Crippen LogP contribution is 2.31. The van der Waals surface area contributed by atoms with Gasteiger partial charge in [0.1, 0.15) is 11.0 Å². The molecule has 5 aromatic rings. The molecule has 0 saturated carbocycles. The smallest absolute Gasteiger partial charge is 0.238 e.